The van der Waals surface area contributed by atoms with Crippen molar-refractivity contribution >= 4 is 33.4 Å². The van der Waals surface area contributed by atoms with Crippen molar-refractivity contribution in [3.63, 3.8) is 0 Å². The minimum Gasteiger partial charge on any atom is -0.355 e. The van der Waals surface area contributed by atoms with Crippen molar-refractivity contribution in [2.45, 2.75) is 12.8 Å². The topological polar surface area (TPSA) is 58.2 Å². The lowest BCUT2D eigenvalue weighted by atomic mass is 10.1. The highest BCUT2D eigenvalue weighted by atomic mass is 79.9. The molecule has 0 atom stereocenters. The van der Waals surface area contributed by atoms with Crippen LogP contribution in [0.1, 0.15) is 12.0 Å². The summed E-state index contributed by atoms with van der Waals surface area (Å²) in [7, 11) is 0. The Morgan fingerprint density at radius 3 is 2.39 bits per heavy atom. The van der Waals surface area contributed by atoms with Gasteiger partial charge in [-0.15, -0.1) is 0 Å². The van der Waals surface area contributed by atoms with Crippen LogP contribution in [0, 0.1) is 5.82 Å². The van der Waals surface area contributed by atoms with Crippen LogP contribution in [0.25, 0.3) is 0 Å². The van der Waals surface area contributed by atoms with E-state index in [9.17, 15) is 14.0 Å². The molecule has 6 heteroatoms. The molecule has 0 spiro atoms. The van der Waals surface area contributed by atoms with Crippen molar-refractivity contribution in [1.82, 2.24) is 5.32 Å². The lowest BCUT2D eigenvalue weighted by Gasteiger charge is -2.07. The SMILES string of the molecule is O=C(CC(=O)Nc1ccc(Br)cc1)NCCc1ccccc1F. The predicted octanol–water partition coefficient (Wildman–Crippen LogP) is 3.28. The molecule has 2 amide bonds. The Hall–Kier alpha value is -2.21. The molecule has 4 nitrogen and oxygen atoms in total. The number of nitrogens with one attached hydrogen (secondary N) is 2. The summed E-state index contributed by atoms with van der Waals surface area (Å²) in [5, 5.41) is 5.25. The number of hydrogen-bond acceptors (Lipinski definition) is 2. The number of benzene rings is 2. The number of hydrogen-bond donors (Lipinski definition) is 2. The average molecular weight is 379 g/mol. The molecule has 0 aliphatic rings. The normalized spacial score (nSPS) is 10.2. The molecule has 2 aromatic rings. The van der Waals surface area contributed by atoms with Crippen LogP contribution >= 0.6 is 15.9 Å². The fourth-order valence-corrected chi connectivity index (χ4v) is 2.25. The quantitative estimate of drug-likeness (QED) is 0.757. The van der Waals surface area contributed by atoms with Gasteiger partial charge >= 0.3 is 0 Å². The third-order valence-electron chi connectivity index (χ3n) is 3.12. The summed E-state index contributed by atoms with van der Waals surface area (Å²) in [6, 6.07) is 13.5. The molecular weight excluding hydrogens is 363 g/mol. The highest BCUT2D eigenvalue weighted by Crippen LogP contribution is 2.14. The van der Waals surface area contributed by atoms with Crippen LogP contribution in [0.4, 0.5) is 10.1 Å². The van der Waals surface area contributed by atoms with Gasteiger partial charge in [0.25, 0.3) is 0 Å². The Morgan fingerprint density at radius 1 is 1.00 bits per heavy atom. The van der Waals surface area contributed by atoms with Gasteiger partial charge in [-0.25, -0.2) is 4.39 Å². The second-order valence-corrected chi connectivity index (χ2v) is 5.84. The van der Waals surface area contributed by atoms with Gasteiger partial charge in [-0.1, -0.05) is 34.1 Å². The van der Waals surface area contributed by atoms with E-state index < -0.39 is 11.8 Å². The first-order valence-corrected chi connectivity index (χ1v) is 7.89. The summed E-state index contributed by atoms with van der Waals surface area (Å²) >= 11 is 3.30. The van der Waals surface area contributed by atoms with E-state index in [0.717, 1.165) is 4.47 Å². The van der Waals surface area contributed by atoms with Crippen molar-refractivity contribution < 1.29 is 14.0 Å². The molecule has 0 saturated heterocycles. The van der Waals surface area contributed by atoms with E-state index in [1.807, 2.05) is 0 Å². The van der Waals surface area contributed by atoms with Crippen LogP contribution in [0.2, 0.25) is 0 Å². The number of carbonyl (C=O) groups excluding carboxylic acids is 2. The Kier molecular flexibility index (Phi) is 6.29. The molecule has 23 heavy (non-hydrogen) atoms. The van der Waals surface area contributed by atoms with Crippen LogP contribution in [0.5, 0.6) is 0 Å². The Bertz CT molecular complexity index is 689. The first-order chi connectivity index (χ1) is 11.0. The van der Waals surface area contributed by atoms with E-state index in [2.05, 4.69) is 26.6 Å². The summed E-state index contributed by atoms with van der Waals surface area (Å²) in [6.45, 7) is 0.283. The second-order valence-electron chi connectivity index (χ2n) is 4.92. The first kappa shape index (κ1) is 17.1. The highest BCUT2D eigenvalue weighted by molar-refractivity contribution is 9.10. The number of carbonyl (C=O) groups is 2. The zero-order valence-corrected chi connectivity index (χ0v) is 13.9. The van der Waals surface area contributed by atoms with E-state index >= 15 is 0 Å². The third-order valence-corrected chi connectivity index (χ3v) is 3.65. The monoisotopic (exact) mass is 378 g/mol. The predicted molar refractivity (Wildman–Crippen MR) is 90.5 cm³/mol. The van der Waals surface area contributed by atoms with E-state index in [1.165, 1.54) is 6.07 Å². The van der Waals surface area contributed by atoms with Gasteiger partial charge in [0.15, 0.2) is 0 Å². The van der Waals surface area contributed by atoms with Gasteiger partial charge in [0.05, 0.1) is 0 Å². The Balaban J connectivity index is 1.73. The van der Waals surface area contributed by atoms with Crippen molar-refractivity contribution in [1.29, 1.82) is 0 Å². The largest absolute Gasteiger partial charge is 0.355 e. The van der Waals surface area contributed by atoms with Crippen molar-refractivity contribution in [3.05, 3.63) is 64.4 Å². The van der Waals surface area contributed by atoms with Crippen molar-refractivity contribution in [2.75, 3.05) is 11.9 Å². The second kappa shape index (κ2) is 8.43. The van der Waals surface area contributed by atoms with Crippen LogP contribution in [0.15, 0.2) is 53.0 Å². The van der Waals surface area contributed by atoms with E-state index in [-0.39, 0.29) is 18.8 Å². The van der Waals surface area contributed by atoms with Crippen LogP contribution < -0.4 is 10.6 Å². The molecule has 2 aromatic carbocycles. The number of halogens is 2. The van der Waals surface area contributed by atoms with Gasteiger partial charge in [-0.05, 0) is 42.3 Å². The van der Waals surface area contributed by atoms with Crippen LogP contribution in [-0.4, -0.2) is 18.4 Å². The summed E-state index contributed by atoms with van der Waals surface area (Å²) in [4.78, 5) is 23.5. The molecule has 0 aliphatic heterocycles. The zero-order chi connectivity index (χ0) is 16.7. The summed E-state index contributed by atoms with van der Waals surface area (Å²) in [5.41, 5.74) is 1.16. The number of amides is 2. The molecule has 0 fully saturated rings. The fourth-order valence-electron chi connectivity index (χ4n) is 1.98. The lowest BCUT2D eigenvalue weighted by molar-refractivity contribution is -0.126. The molecule has 2 rings (SSSR count). The lowest BCUT2D eigenvalue weighted by Crippen LogP contribution is -2.29. The minimum atomic E-state index is -0.393. The van der Waals surface area contributed by atoms with Gasteiger partial charge in [0.2, 0.25) is 11.8 Å². The molecule has 120 valence electrons. The van der Waals surface area contributed by atoms with Gasteiger partial charge < -0.3 is 10.6 Å². The fraction of sp³-hybridized carbons (Fsp3) is 0.176. The molecule has 0 aromatic heterocycles. The maximum Gasteiger partial charge on any atom is 0.233 e. The summed E-state index contributed by atoms with van der Waals surface area (Å²) < 4.78 is 14.3. The summed E-state index contributed by atoms with van der Waals surface area (Å²) in [5.74, 6) is -1.08. The Labute approximate surface area is 142 Å². The van der Waals surface area contributed by atoms with Gasteiger partial charge in [0.1, 0.15) is 12.2 Å². The molecule has 0 heterocycles. The third kappa shape index (κ3) is 5.83. The van der Waals surface area contributed by atoms with E-state index in [0.29, 0.717) is 17.7 Å². The van der Waals surface area contributed by atoms with Gasteiger partial charge in [0, 0.05) is 16.7 Å². The van der Waals surface area contributed by atoms with Crippen molar-refractivity contribution in [2.24, 2.45) is 0 Å². The molecule has 0 saturated carbocycles. The summed E-state index contributed by atoms with van der Waals surface area (Å²) in [6.07, 6.45) is 0.111. The molecule has 0 aliphatic carbocycles. The average Bonchev–Trinajstić information content (AvgIpc) is 2.51. The van der Waals surface area contributed by atoms with Crippen LogP contribution in [-0.2, 0) is 16.0 Å². The van der Waals surface area contributed by atoms with Gasteiger partial charge in [-0.2, -0.15) is 0 Å². The maximum absolute atomic E-state index is 13.4. The molecule has 0 bridgehead atoms. The number of rotatable bonds is 6. The minimum absolute atomic E-state index is 0.271. The molecule has 0 radical (unpaired) electrons. The van der Waals surface area contributed by atoms with Gasteiger partial charge in [-0.3, -0.25) is 9.59 Å². The smallest absolute Gasteiger partial charge is 0.233 e. The standard InChI is InChI=1S/C17H16BrFN2O2/c18-13-5-7-14(8-6-13)21-17(23)11-16(22)20-10-9-12-3-1-2-4-15(12)19/h1-8H,9-11H2,(H,20,22)(H,21,23). The maximum atomic E-state index is 13.4. The molecule has 2 N–H and O–H groups in total. The van der Waals surface area contributed by atoms with E-state index in [4.69, 9.17) is 0 Å². The number of anilines is 1. The zero-order valence-electron chi connectivity index (χ0n) is 12.3. The molecular formula is C17H16BrFN2O2. The van der Waals surface area contributed by atoms with E-state index in [1.54, 1.807) is 42.5 Å². The molecule has 0 unspecified atom stereocenters. The highest BCUT2D eigenvalue weighted by Gasteiger charge is 2.09. The first-order valence-electron chi connectivity index (χ1n) is 7.10. The Morgan fingerprint density at radius 2 is 1.70 bits per heavy atom. The van der Waals surface area contributed by atoms with Crippen LogP contribution in [0.3, 0.4) is 0 Å². The van der Waals surface area contributed by atoms with Crippen molar-refractivity contribution in [3.8, 4) is 0 Å².